The van der Waals surface area contributed by atoms with E-state index in [2.05, 4.69) is 53.3 Å². The molecule has 0 aliphatic heterocycles. The lowest BCUT2D eigenvalue weighted by Gasteiger charge is -2.42. The van der Waals surface area contributed by atoms with E-state index >= 15 is 0 Å². The lowest BCUT2D eigenvalue weighted by molar-refractivity contribution is 0.0600. The van der Waals surface area contributed by atoms with Crippen LogP contribution in [0.25, 0.3) is 5.57 Å². The molecule has 0 amide bonds. The predicted octanol–water partition coefficient (Wildman–Crippen LogP) is 6.45. The highest BCUT2D eigenvalue weighted by Gasteiger charge is 2.37. The molecule has 2 aromatic carbocycles. The number of rotatable bonds is 4. The van der Waals surface area contributed by atoms with Crippen molar-refractivity contribution in [1.29, 1.82) is 0 Å². The molecule has 0 saturated carbocycles. The van der Waals surface area contributed by atoms with Gasteiger partial charge in [0.1, 0.15) is 0 Å². The largest absolute Gasteiger partial charge is 0.465 e. The second kappa shape index (κ2) is 7.24. The monoisotopic (exact) mass is 376 g/mol. The number of carbonyl (C=O) groups excluding carboxylic acids is 1. The predicted molar refractivity (Wildman–Crippen MR) is 117 cm³/mol. The van der Waals surface area contributed by atoms with Crippen molar-refractivity contribution in [1.82, 2.24) is 0 Å². The van der Waals surface area contributed by atoms with Crippen LogP contribution in [0.3, 0.4) is 0 Å². The topological polar surface area (TPSA) is 26.3 Å². The smallest absolute Gasteiger partial charge is 0.337 e. The van der Waals surface area contributed by atoms with Crippen LogP contribution in [0.4, 0.5) is 0 Å². The molecule has 0 bridgehead atoms. The number of fused-ring (bicyclic) bond motifs is 1. The number of aryl methyl sites for hydroxylation is 1. The van der Waals surface area contributed by atoms with Gasteiger partial charge in [0, 0.05) is 0 Å². The van der Waals surface area contributed by atoms with Gasteiger partial charge < -0.3 is 4.74 Å². The Morgan fingerprint density at radius 1 is 0.964 bits per heavy atom. The zero-order valence-electron chi connectivity index (χ0n) is 18.1. The highest BCUT2D eigenvalue weighted by atomic mass is 16.5. The van der Waals surface area contributed by atoms with E-state index < -0.39 is 0 Å². The van der Waals surface area contributed by atoms with E-state index in [-0.39, 0.29) is 16.8 Å². The van der Waals surface area contributed by atoms with Crippen LogP contribution in [-0.4, -0.2) is 13.1 Å². The van der Waals surface area contributed by atoms with Gasteiger partial charge in [-0.1, -0.05) is 65.5 Å². The molecule has 0 spiro atoms. The summed E-state index contributed by atoms with van der Waals surface area (Å²) >= 11 is 0. The molecule has 0 N–H and O–H groups in total. The van der Waals surface area contributed by atoms with E-state index in [1.54, 1.807) is 0 Å². The number of ether oxygens (including phenoxy) is 1. The average Bonchev–Trinajstić information content (AvgIpc) is 2.69. The van der Waals surface area contributed by atoms with Gasteiger partial charge in [0.25, 0.3) is 0 Å². The van der Waals surface area contributed by atoms with Gasteiger partial charge in [-0.2, -0.15) is 0 Å². The van der Waals surface area contributed by atoms with Crippen molar-refractivity contribution in [3.8, 4) is 0 Å². The maximum Gasteiger partial charge on any atom is 0.337 e. The third kappa shape index (κ3) is 3.53. The fraction of sp³-hybridized carbons (Fsp3) is 0.423. The quantitative estimate of drug-likeness (QED) is 0.573. The van der Waals surface area contributed by atoms with Gasteiger partial charge in [0.15, 0.2) is 0 Å². The highest BCUT2D eigenvalue weighted by Crippen LogP contribution is 2.47. The van der Waals surface area contributed by atoms with Gasteiger partial charge in [-0.15, -0.1) is 0 Å². The molecule has 2 aromatic rings. The molecule has 0 heterocycles. The summed E-state index contributed by atoms with van der Waals surface area (Å²) in [6.07, 6.45) is 3.38. The van der Waals surface area contributed by atoms with E-state index in [1.807, 2.05) is 24.3 Å². The summed E-state index contributed by atoms with van der Waals surface area (Å²) < 4.78 is 4.80. The molecule has 1 aliphatic rings. The van der Waals surface area contributed by atoms with E-state index in [9.17, 15) is 4.79 Å². The van der Waals surface area contributed by atoms with E-state index in [4.69, 9.17) is 4.74 Å². The van der Waals surface area contributed by atoms with Crippen LogP contribution in [0.2, 0.25) is 0 Å². The Morgan fingerprint density at radius 2 is 1.46 bits per heavy atom. The van der Waals surface area contributed by atoms with E-state index in [0.29, 0.717) is 5.56 Å². The van der Waals surface area contributed by atoms with Crippen molar-refractivity contribution >= 4 is 11.5 Å². The molecule has 3 rings (SSSR count). The minimum atomic E-state index is -0.316. The summed E-state index contributed by atoms with van der Waals surface area (Å²) in [7, 11) is 1.40. The van der Waals surface area contributed by atoms with Crippen molar-refractivity contribution in [2.75, 3.05) is 7.11 Å². The molecule has 0 saturated heterocycles. The molecule has 0 radical (unpaired) electrons. The van der Waals surface area contributed by atoms with Crippen molar-refractivity contribution < 1.29 is 9.53 Å². The molecular formula is C26H32O2. The number of methoxy groups -OCH3 is 1. The second-order valence-corrected chi connectivity index (χ2v) is 9.22. The lowest BCUT2D eigenvalue weighted by Crippen LogP contribution is -2.34. The zero-order valence-corrected chi connectivity index (χ0v) is 18.1. The number of carbonyl (C=O) groups is 1. The maximum absolute atomic E-state index is 11.7. The average molecular weight is 377 g/mol. The Hall–Kier alpha value is -2.35. The van der Waals surface area contributed by atoms with Crippen molar-refractivity contribution in [2.45, 2.75) is 64.7 Å². The number of esters is 1. The van der Waals surface area contributed by atoms with E-state index in [0.717, 1.165) is 17.6 Å². The number of hydrogen-bond acceptors (Lipinski definition) is 2. The normalized spacial score (nSPS) is 16.9. The van der Waals surface area contributed by atoms with Gasteiger partial charge in [0.2, 0.25) is 0 Å². The van der Waals surface area contributed by atoms with Crippen LogP contribution < -0.4 is 0 Å². The van der Waals surface area contributed by atoms with Crippen LogP contribution in [0.1, 0.15) is 85.6 Å². The summed E-state index contributed by atoms with van der Waals surface area (Å²) in [4.78, 5) is 11.7. The fourth-order valence-corrected chi connectivity index (χ4v) is 4.31. The molecule has 0 unspecified atom stereocenters. The number of hydrogen-bond donors (Lipinski definition) is 0. The maximum atomic E-state index is 11.7. The number of benzene rings is 2. The minimum absolute atomic E-state index is 0.168. The molecular weight excluding hydrogens is 344 g/mol. The molecule has 28 heavy (non-hydrogen) atoms. The molecule has 2 heteroatoms. The summed E-state index contributed by atoms with van der Waals surface area (Å²) in [5.74, 6) is -0.316. The van der Waals surface area contributed by atoms with Crippen LogP contribution in [-0.2, 0) is 22.0 Å². The third-order valence-electron chi connectivity index (χ3n) is 6.44. The molecule has 0 atom stereocenters. The molecule has 148 valence electrons. The summed E-state index contributed by atoms with van der Waals surface area (Å²) in [6.45, 7) is 16.0. The first kappa shape index (κ1) is 20.4. The second-order valence-electron chi connectivity index (χ2n) is 9.22. The van der Waals surface area contributed by atoms with Crippen LogP contribution >= 0.6 is 0 Å². The first-order valence-corrected chi connectivity index (χ1v) is 10.2. The first-order chi connectivity index (χ1) is 13.1. The molecule has 0 fully saturated rings. The van der Waals surface area contributed by atoms with Gasteiger partial charge in [-0.3, -0.25) is 0 Å². The van der Waals surface area contributed by atoms with Crippen LogP contribution in [0, 0.1) is 0 Å². The highest BCUT2D eigenvalue weighted by molar-refractivity contribution is 5.90. The van der Waals surface area contributed by atoms with Gasteiger partial charge in [-0.05, 0) is 75.6 Å². The lowest BCUT2D eigenvalue weighted by atomic mass is 9.62. The summed E-state index contributed by atoms with van der Waals surface area (Å²) in [5, 5.41) is 0. The third-order valence-corrected chi connectivity index (χ3v) is 6.44. The SMILES string of the molecule is C=C(c1ccc(C(=O)OC)cc1)c1cc2c(cc1CC)C(C)(C)CCC2(C)C. The van der Waals surface area contributed by atoms with E-state index in [1.165, 1.54) is 42.2 Å². The Bertz CT molecular complexity index is 914. The fourth-order valence-electron chi connectivity index (χ4n) is 4.31. The van der Waals surface area contributed by atoms with Crippen LogP contribution in [0.15, 0.2) is 43.0 Å². The molecule has 2 nitrogen and oxygen atoms in total. The van der Waals surface area contributed by atoms with Crippen LogP contribution in [0.5, 0.6) is 0 Å². The Kier molecular flexibility index (Phi) is 5.27. The van der Waals surface area contributed by atoms with Gasteiger partial charge >= 0.3 is 5.97 Å². The van der Waals surface area contributed by atoms with Gasteiger partial charge in [-0.25, -0.2) is 4.79 Å². The Morgan fingerprint density at radius 3 is 1.96 bits per heavy atom. The van der Waals surface area contributed by atoms with Crippen molar-refractivity contribution in [3.05, 3.63) is 76.4 Å². The Labute approximate surface area is 169 Å². The van der Waals surface area contributed by atoms with Crippen molar-refractivity contribution in [2.24, 2.45) is 0 Å². The Balaban J connectivity index is 2.09. The molecule has 0 aromatic heterocycles. The molecule has 1 aliphatic carbocycles. The zero-order chi connectivity index (χ0) is 20.7. The summed E-state index contributed by atoms with van der Waals surface area (Å²) in [6, 6.07) is 12.3. The van der Waals surface area contributed by atoms with Gasteiger partial charge in [0.05, 0.1) is 12.7 Å². The first-order valence-electron chi connectivity index (χ1n) is 10.2. The van der Waals surface area contributed by atoms with Crippen molar-refractivity contribution in [3.63, 3.8) is 0 Å². The summed E-state index contributed by atoms with van der Waals surface area (Å²) in [5.41, 5.74) is 8.47. The minimum Gasteiger partial charge on any atom is -0.465 e. The standard InChI is InChI=1S/C26H32O2/c1-8-18-15-22-23(26(5,6)14-13-25(22,3)4)16-21(18)17(2)19-9-11-20(12-10-19)24(27)28-7/h9-12,15-16H,2,8,13-14H2,1,3-7H3.